The fourth-order valence-corrected chi connectivity index (χ4v) is 3.64. The zero-order valence-electron chi connectivity index (χ0n) is 14.8. The lowest BCUT2D eigenvalue weighted by atomic mass is 10.0. The molecule has 5 heteroatoms. The number of carbonyl (C=O) groups excluding carboxylic acids is 1. The fraction of sp³-hybridized carbons (Fsp3) is 0.632. The lowest BCUT2D eigenvalue weighted by molar-refractivity contribution is -0.0236. The standard InChI is InChI=1S/C19H28N2O3/c1-19(2,3)24-18(22)20-15-13-21(12-14-8-5-4-6-9-14)16-10-7-11-23-17(15)16/h4-6,8-9,15-17H,7,10-13H2,1-3H3,(H,20,22)/t15-,16-,17-/m1/s1. The van der Waals surface area contributed by atoms with Crippen LogP contribution in [0.4, 0.5) is 4.79 Å². The largest absolute Gasteiger partial charge is 0.444 e. The summed E-state index contributed by atoms with van der Waals surface area (Å²) in [4.78, 5) is 14.6. The zero-order valence-corrected chi connectivity index (χ0v) is 14.8. The summed E-state index contributed by atoms with van der Waals surface area (Å²) in [6.07, 6.45) is 1.88. The summed E-state index contributed by atoms with van der Waals surface area (Å²) >= 11 is 0. The minimum Gasteiger partial charge on any atom is -0.444 e. The SMILES string of the molecule is CC(C)(C)OC(=O)N[C@@H]1CN(Cc2ccccc2)[C@@H]2CCCO[C@@H]21. The number of nitrogens with zero attached hydrogens (tertiary/aromatic N) is 1. The molecule has 3 rings (SSSR count). The van der Waals surface area contributed by atoms with E-state index in [1.54, 1.807) is 0 Å². The van der Waals surface area contributed by atoms with Crippen LogP contribution in [0.5, 0.6) is 0 Å². The van der Waals surface area contributed by atoms with E-state index in [9.17, 15) is 4.79 Å². The second-order valence-corrected chi connectivity index (χ2v) is 7.71. The average molecular weight is 332 g/mol. The number of alkyl carbamates (subject to hydrolysis) is 1. The highest BCUT2D eigenvalue weighted by Crippen LogP contribution is 2.30. The Morgan fingerprint density at radius 1 is 1.33 bits per heavy atom. The van der Waals surface area contributed by atoms with Crippen LogP contribution >= 0.6 is 0 Å². The number of amides is 1. The first kappa shape index (κ1) is 17.2. The number of nitrogens with one attached hydrogen (secondary N) is 1. The Balaban J connectivity index is 1.66. The van der Waals surface area contributed by atoms with Gasteiger partial charge in [-0.05, 0) is 39.2 Å². The van der Waals surface area contributed by atoms with Crippen molar-refractivity contribution in [3.8, 4) is 0 Å². The fourth-order valence-electron chi connectivity index (χ4n) is 3.64. The maximum Gasteiger partial charge on any atom is 0.408 e. The van der Waals surface area contributed by atoms with Crippen LogP contribution in [-0.4, -0.2) is 47.9 Å². The van der Waals surface area contributed by atoms with Crippen molar-refractivity contribution in [1.82, 2.24) is 10.2 Å². The Labute approximate surface area is 144 Å². The molecule has 2 saturated heterocycles. The van der Waals surface area contributed by atoms with Crippen LogP contribution in [-0.2, 0) is 16.0 Å². The van der Waals surface area contributed by atoms with Gasteiger partial charge in [0, 0.05) is 25.7 Å². The molecule has 0 unspecified atom stereocenters. The normalized spacial score (nSPS) is 27.5. The number of hydrogen-bond donors (Lipinski definition) is 1. The highest BCUT2D eigenvalue weighted by Gasteiger charge is 2.44. The van der Waals surface area contributed by atoms with E-state index in [2.05, 4.69) is 34.5 Å². The van der Waals surface area contributed by atoms with Gasteiger partial charge in [-0.2, -0.15) is 0 Å². The lowest BCUT2D eigenvalue weighted by Crippen LogP contribution is -2.48. The molecule has 1 aromatic rings. The first-order chi connectivity index (χ1) is 11.4. The van der Waals surface area contributed by atoms with Gasteiger partial charge in [-0.25, -0.2) is 4.79 Å². The summed E-state index contributed by atoms with van der Waals surface area (Å²) < 4.78 is 11.4. The minimum absolute atomic E-state index is 0.0196. The number of ether oxygens (including phenoxy) is 2. The Morgan fingerprint density at radius 2 is 2.08 bits per heavy atom. The van der Waals surface area contributed by atoms with Crippen molar-refractivity contribution in [2.75, 3.05) is 13.2 Å². The topological polar surface area (TPSA) is 50.8 Å². The van der Waals surface area contributed by atoms with Gasteiger partial charge in [0.2, 0.25) is 0 Å². The summed E-state index contributed by atoms with van der Waals surface area (Å²) in [6, 6.07) is 10.8. The van der Waals surface area contributed by atoms with Gasteiger partial charge in [0.1, 0.15) is 5.60 Å². The summed E-state index contributed by atoms with van der Waals surface area (Å²) in [6.45, 7) is 8.09. The van der Waals surface area contributed by atoms with Gasteiger partial charge in [-0.15, -0.1) is 0 Å². The molecular weight excluding hydrogens is 304 g/mol. The first-order valence-corrected chi connectivity index (χ1v) is 8.81. The van der Waals surface area contributed by atoms with E-state index in [0.29, 0.717) is 6.04 Å². The molecular formula is C19H28N2O3. The van der Waals surface area contributed by atoms with Crippen LogP contribution in [0.15, 0.2) is 30.3 Å². The number of carbonyl (C=O) groups is 1. The highest BCUT2D eigenvalue weighted by molar-refractivity contribution is 5.68. The number of rotatable bonds is 3. The van der Waals surface area contributed by atoms with Crippen molar-refractivity contribution >= 4 is 6.09 Å². The molecule has 0 bridgehead atoms. The second kappa shape index (κ2) is 7.11. The van der Waals surface area contributed by atoms with Crippen LogP contribution in [0, 0.1) is 0 Å². The van der Waals surface area contributed by atoms with E-state index in [1.807, 2.05) is 26.8 Å². The van der Waals surface area contributed by atoms with E-state index in [0.717, 1.165) is 32.5 Å². The van der Waals surface area contributed by atoms with Gasteiger partial charge in [-0.1, -0.05) is 30.3 Å². The molecule has 2 aliphatic rings. The molecule has 0 spiro atoms. The maximum atomic E-state index is 12.1. The molecule has 0 aliphatic carbocycles. The van der Waals surface area contributed by atoms with Gasteiger partial charge >= 0.3 is 6.09 Å². The van der Waals surface area contributed by atoms with Gasteiger partial charge < -0.3 is 14.8 Å². The van der Waals surface area contributed by atoms with E-state index >= 15 is 0 Å². The smallest absolute Gasteiger partial charge is 0.408 e. The predicted octanol–water partition coefficient (Wildman–Crippen LogP) is 2.94. The first-order valence-electron chi connectivity index (χ1n) is 8.81. The monoisotopic (exact) mass is 332 g/mol. The van der Waals surface area contributed by atoms with Crippen LogP contribution < -0.4 is 5.32 Å². The third kappa shape index (κ3) is 4.28. The Hall–Kier alpha value is -1.59. The van der Waals surface area contributed by atoms with E-state index in [1.165, 1.54) is 5.56 Å². The Kier molecular flexibility index (Phi) is 5.11. The molecule has 2 fully saturated rings. The van der Waals surface area contributed by atoms with Gasteiger partial charge in [0.15, 0.2) is 0 Å². The molecule has 0 saturated carbocycles. The van der Waals surface area contributed by atoms with Crippen molar-refractivity contribution in [3.63, 3.8) is 0 Å². The van der Waals surface area contributed by atoms with Crippen LogP contribution in [0.25, 0.3) is 0 Å². The van der Waals surface area contributed by atoms with Crippen molar-refractivity contribution in [3.05, 3.63) is 35.9 Å². The third-order valence-corrected chi connectivity index (χ3v) is 4.56. The molecule has 0 aromatic heterocycles. The molecule has 5 nitrogen and oxygen atoms in total. The van der Waals surface area contributed by atoms with Crippen molar-refractivity contribution < 1.29 is 14.3 Å². The summed E-state index contributed by atoms with van der Waals surface area (Å²) in [5.41, 5.74) is 0.805. The molecule has 24 heavy (non-hydrogen) atoms. The zero-order chi connectivity index (χ0) is 17.2. The van der Waals surface area contributed by atoms with E-state index < -0.39 is 5.60 Å². The summed E-state index contributed by atoms with van der Waals surface area (Å²) in [5, 5.41) is 3.02. The quantitative estimate of drug-likeness (QED) is 0.925. The molecule has 3 atom stereocenters. The summed E-state index contributed by atoms with van der Waals surface area (Å²) in [7, 11) is 0. The average Bonchev–Trinajstić information content (AvgIpc) is 2.85. The predicted molar refractivity (Wildman–Crippen MR) is 92.8 cm³/mol. The molecule has 132 valence electrons. The van der Waals surface area contributed by atoms with Crippen molar-refractivity contribution in [2.24, 2.45) is 0 Å². The highest BCUT2D eigenvalue weighted by atomic mass is 16.6. The Bertz CT molecular complexity index is 555. The molecule has 1 amide bonds. The number of likely N-dealkylation sites (tertiary alicyclic amines) is 1. The second-order valence-electron chi connectivity index (χ2n) is 7.71. The van der Waals surface area contributed by atoms with Crippen LogP contribution in [0.2, 0.25) is 0 Å². The maximum absolute atomic E-state index is 12.1. The lowest BCUT2D eigenvalue weighted by Gasteiger charge is -2.32. The number of fused-ring (bicyclic) bond motifs is 1. The molecule has 1 aromatic carbocycles. The number of benzene rings is 1. The molecule has 2 aliphatic heterocycles. The van der Waals surface area contributed by atoms with E-state index in [4.69, 9.17) is 9.47 Å². The minimum atomic E-state index is -0.487. The number of hydrogen-bond acceptors (Lipinski definition) is 4. The van der Waals surface area contributed by atoms with E-state index in [-0.39, 0.29) is 18.2 Å². The van der Waals surface area contributed by atoms with Gasteiger partial charge in [-0.3, -0.25) is 4.90 Å². The van der Waals surface area contributed by atoms with Crippen molar-refractivity contribution in [1.29, 1.82) is 0 Å². The summed E-state index contributed by atoms with van der Waals surface area (Å²) in [5.74, 6) is 0. The van der Waals surface area contributed by atoms with Crippen LogP contribution in [0.1, 0.15) is 39.2 Å². The third-order valence-electron chi connectivity index (χ3n) is 4.56. The molecule has 0 radical (unpaired) electrons. The Morgan fingerprint density at radius 3 is 2.79 bits per heavy atom. The van der Waals surface area contributed by atoms with Gasteiger partial charge in [0.25, 0.3) is 0 Å². The van der Waals surface area contributed by atoms with Crippen LogP contribution in [0.3, 0.4) is 0 Å². The molecule has 2 heterocycles. The van der Waals surface area contributed by atoms with Crippen molar-refractivity contribution in [2.45, 2.75) is 63.9 Å². The van der Waals surface area contributed by atoms with Gasteiger partial charge in [0.05, 0.1) is 12.1 Å². The molecule has 1 N–H and O–H groups in total.